The van der Waals surface area contributed by atoms with Crippen LogP contribution < -0.4 is 0 Å². The maximum absolute atomic E-state index is 12.0. The fourth-order valence-corrected chi connectivity index (χ4v) is 2.21. The van der Waals surface area contributed by atoms with E-state index >= 15 is 0 Å². The Morgan fingerprint density at radius 1 is 1.12 bits per heavy atom. The average molecular weight is 330 g/mol. The molecule has 0 amide bonds. The highest BCUT2D eigenvalue weighted by molar-refractivity contribution is 5.91. The maximum Gasteiger partial charge on any atom is 0.344 e. The lowest BCUT2D eigenvalue weighted by atomic mass is 10.2. The van der Waals surface area contributed by atoms with E-state index in [4.69, 9.17) is 9.47 Å². The first-order valence-electron chi connectivity index (χ1n) is 7.68. The van der Waals surface area contributed by atoms with E-state index in [1.165, 1.54) is 0 Å². The normalized spacial score (nSPS) is 11.2. The molecular formula is C18H22N2O4. The van der Waals surface area contributed by atoms with Crippen molar-refractivity contribution in [2.24, 2.45) is 0 Å². The second-order valence-electron chi connectivity index (χ2n) is 6.55. The molecule has 0 atom stereocenters. The number of carbonyl (C=O) groups is 2. The summed E-state index contributed by atoms with van der Waals surface area (Å²) in [6, 6.07) is 8.82. The lowest BCUT2D eigenvalue weighted by molar-refractivity contribution is -0.158. The molecule has 0 N–H and O–H groups in total. The summed E-state index contributed by atoms with van der Waals surface area (Å²) in [5, 5.41) is 4.39. The molecule has 128 valence electrons. The van der Waals surface area contributed by atoms with E-state index in [0.717, 1.165) is 17.1 Å². The summed E-state index contributed by atoms with van der Waals surface area (Å²) in [5.41, 5.74) is 2.54. The number of hydrogen-bond donors (Lipinski definition) is 0. The van der Waals surface area contributed by atoms with Crippen molar-refractivity contribution >= 4 is 11.9 Å². The molecule has 0 saturated carbocycles. The summed E-state index contributed by atoms with van der Waals surface area (Å²) < 4.78 is 11.9. The predicted molar refractivity (Wildman–Crippen MR) is 89.2 cm³/mol. The molecule has 0 spiro atoms. The highest BCUT2D eigenvalue weighted by atomic mass is 16.6. The van der Waals surface area contributed by atoms with E-state index in [1.807, 2.05) is 19.9 Å². The zero-order valence-corrected chi connectivity index (χ0v) is 14.6. The van der Waals surface area contributed by atoms with Crippen molar-refractivity contribution in [2.45, 2.75) is 40.2 Å². The monoisotopic (exact) mass is 330 g/mol. The van der Waals surface area contributed by atoms with E-state index in [-0.39, 0.29) is 0 Å². The van der Waals surface area contributed by atoms with Crippen LogP contribution in [0.2, 0.25) is 0 Å². The molecule has 24 heavy (non-hydrogen) atoms. The van der Waals surface area contributed by atoms with Gasteiger partial charge in [-0.3, -0.25) is 0 Å². The van der Waals surface area contributed by atoms with Gasteiger partial charge in [-0.1, -0.05) is 0 Å². The quantitative estimate of drug-likeness (QED) is 0.806. The molecule has 0 aliphatic rings. The third kappa shape index (κ3) is 4.68. The molecule has 6 nitrogen and oxygen atoms in total. The van der Waals surface area contributed by atoms with Crippen molar-refractivity contribution in [3.63, 3.8) is 0 Å². The minimum absolute atomic E-state index is 0.365. The van der Waals surface area contributed by atoms with Crippen molar-refractivity contribution < 1.29 is 19.1 Å². The van der Waals surface area contributed by atoms with Crippen LogP contribution in [0, 0.1) is 13.8 Å². The molecule has 6 heteroatoms. The van der Waals surface area contributed by atoms with Crippen LogP contribution in [0.4, 0.5) is 0 Å². The first-order valence-corrected chi connectivity index (χ1v) is 7.68. The average Bonchev–Trinajstić information content (AvgIpc) is 2.82. The first kappa shape index (κ1) is 17.7. The Morgan fingerprint density at radius 2 is 1.75 bits per heavy atom. The molecule has 2 aromatic rings. The SMILES string of the molecule is Cc1cc(C)n(-c2ccc(C(=O)OCC(=O)OC(C)(C)C)cc2)n1. The van der Waals surface area contributed by atoms with Crippen LogP contribution in [0.25, 0.3) is 5.69 Å². The number of aryl methyl sites for hydroxylation is 2. The van der Waals surface area contributed by atoms with Crippen molar-refractivity contribution in [1.82, 2.24) is 9.78 Å². The molecule has 1 aromatic carbocycles. The lowest BCUT2D eigenvalue weighted by Gasteiger charge is -2.19. The van der Waals surface area contributed by atoms with Crippen LogP contribution >= 0.6 is 0 Å². The van der Waals surface area contributed by atoms with E-state index in [0.29, 0.717) is 5.56 Å². The Bertz CT molecular complexity index is 739. The third-order valence-electron chi connectivity index (χ3n) is 3.10. The minimum Gasteiger partial charge on any atom is -0.457 e. The van der Waals surface area contributed by atoms with Crippen molar-refractivity contribution in [2.75, 3.05) is 6.61 Å². The van der Waals surface area contributed by atoms with Crippen LogP contribution in [-0.2, 0) is 14.3 Å². The van der Waals surface area contributed by atoms with Gasteiger partial charge in [0.2, 0.25) is 0 Å². The van der Waals surface area contributed by atoms with Gasteiger partial charge in [0, 0.05) is 5.69 Å². The van der Waals surface area contributed by atoms with Crippen LogP contribution in [0.3, 0.4) is 0 Å². The Hall–Kier alpha value is -2.63. The molecule has 0 fully saturated rings. The predicted octanol–water partition coefficient (Wildman–Crippen LogP) is 2.99. The number of hydrogen-bond acceptors (Lipinski definition) is 5. The summed E-state index contributed by atoms with van der Waals surface area (Å²) in [6.07, 6.45) is 0. The minimum atomic E-state index is -0.606. The zero-order chi connectivity index (χ0) is 17.9. The standard InChI is InChI=1S/C18H22N2O4/c1-12-10-13(2)20(19-12)15-8-6-14(7-9-15)17(22)23-11-16(21)24-18(3,4)5/h6-10H,11H2,1-5H3. The van der Waals surface area contributed by atoms with Gasteiger partial charge in [0.15, 0.2) is 6.61 Å². The molecule has 0 bridgehead atoms. The Balaban J connectivity index is 1.99. The van der Waals surface area contributed by atoms with Crippen LogP contribution in [0.1, 0.15) is 42.5 Å². The molecular weight excluding hydrogens is 308 g/mol. The Labute approximate surface area is 141 Å². The fraction of sp³-hybridized carbons (Fsp3) is 0.389. The van der Waals surface area contributed by atoms with Crippen molar-refractivity contribution in [3.8, 4) is 5.69 Å². The summed E-state index contributed by atoms with van der Waals surface area (Å²) in [5.74, 6) is -1.14. The number of ether oxygens (including phenoxy) is 2. The van der Waals surface area contributed by atoms with E-state index in [9.17, 15) is 9.59 Å². The summed E-state index contributed by atoms with van der Waals surface area (Å²) >= 11 is 0. The largest absolute Gasteiger partial charge is 0.457 e. The number of benzene rings is 1. The van der Waals surface area contributed by atoms with E-state index < -0.39 is 24.1 Å². The maximum atomic E-state index is 12.0. The molecule has 0 saturated heterocycles. The summed E-state index contributed by atoms with van der Waals surface area (Å²) in [7, 11) is 0. The smallest absolute Gasteiger partial charge is 0.344 e. The number of carbonyl (C=O) groups excluding carboxylic acids is 2. The molecule has 0 radical (unpaired) electrons. The second-order valence-corrected chi connectivity index (χ2v) is 6.55. The van der Waals surface area contributed by atoms with E-state index in [1.54, 1.807) is 49.7 Å². The molecule has 1 heterocycles. The molecule has 0 aliphatic carbocycles. The van der Waals surface area contributed by atoms with Gasteiger partial charge >= 0.3 is 11.9 Å². The van der Waals surface area contributed by atoms with Gasteiger partial charge in [-0.25, -0.2) is 14.3 Å². The zero-order valence-electron chi connectivity index (χ0n) is 14.6. The topological polar surface area (TPSA) is 70.4 Å². The number of rotatable bonds is 4. The Kier molecular flexibility index (Phi) is 5.07. The molecule has 1 aromatic heterocycles. The number of esters is 2. The van der Waals surface area contributed by atoms with Gasteiger partial charge in [0.25, 0.3) is 0 Å². The van der Waals surface area contributed by atoms with Gasteiger partial charge in [-0.15, -0.1) is 0 Å². The number of aromatic nitrogens is 2. The van der Waals surface area contributed by atoms with Crippen molar-refractivity contribution in [1.29, 1.82) is 0 Å². The Morgan fingerprint density at radius 3 is 2.25 bits per heavy atom. The van der Waals surface area contributed by atoms with E-state index in [2.05, 4.69) is 5.10 Å². The highest BCUT2D eigenvalue weighted by Crippen LogP contribution is 2.14. The highest BCUT2D eigenvalue weighted by Gasteiger charge is 2.18. The van der Waals surface area contributed by atoms with Gasteiger partial charge in [0.1, 0.15) is 5.60 Å². The van der Waals surface area contributed by atoms with Gasteiger partial charge in [0.05, 0.1) is 16.9 Å². The van der Waals surface area contributed by atoms with Gasteiger partial charge in [-0.2, -0.15) is 5.10 Å². The summed E-state index contributed by atoms with van der Waals surface area (Å²) in [4.78, 5) is 23.5. The molecule has 0 aliphatic heterocycles. The molecule has 2 rings (SSSR count). The first-order chi connectivity index (χ1) is 11.2. The lowest BCUT2D eigenvalue weighted by Crippen LogP contribution is -2.27. The van der Waals surface area contributed by atoms with Crippen LogP contribution in [0.5, 0.6) is 0 Å². The van der Waals surface area contributed by atoms with Crippen LogP contribution in [0.15, 0.2) is 30.3 Å². The molecule has 0 unspecified atom stereocenters. The summed E-state index contributed by atoms with van der Waals surface area (Å²) in [6.45, 7) is 8.74. The third-order valence-corrected chi connectivity index (χ3v) is 3.10. The van der Waals surface area contributed by atoms with Crippen molar-refractivity contribution in [3.05, 3.63) is 47.3 Å². The van der Waals surface area contributed by atoms with Gasteiger partial charge in [-0.05, 0) is 65.0 Å². The second kappa shape index (κ2) is 6.86. The number of nitrogens with zero attached hydrogens (tertiary/aromatic N) is 2. The van der Waals surface area contributed by atoms with Crippen LogP contribution in [-0.4, -0.2) is 33.9 Å². The fourth-order valence-electron chi connectivity index (χ4n) is 2.21. The van der Waals surface area contributed by atoms with Gasteiger partial charge < -0.3 is 9.47 Å².